The molecule has 0 unspecified atom stereocenters. The lowest BCUT2D eigenvalue weighted by molar-refractivity contribution is -0.0932. The number of nitrogens with zero attached hydrogens (tertiary/aromatic N) is 2. The molecule has 3 saturated heterocycles. The van der Waals surface area contributed by atoms with Crippen LogP contribution < -0.4 is 10.6 Å². The normalized spacial score (nSPS) is 23.9. The number of nitrogens with one attached hydrogen (secondary N) is 3. The van der Waals surface area contributed by atoms with Gasteiger partial charge in [0.1, 0.15) is 5.76 Å². The number of amides is 1. The van der Waals surface area contributed by atoms with Gasteiger partial charge in [-0.05, 0) is 68.8 Å². The fourth-order valence-corrected chi connectivity index (χ4v) is 6.52. The minimum atomic E-state index is 0.0287. The van der Waals surface area contributed by atoms with Crippen molar-refractivity contribution in [1.29, 1.82) is 0 Å². The van der Waals surface area contributed by atoms with Crippen LogP contribution in [-0.4, -0.2) is 66.0 Å². The van der Waals surface area contributed by atoms with Crippen molar-refractivity contribution >= 4 is 11.5 Å². The molecule has 1 aromatic heterocycles. The van der Waals surface area contributed by atoms with E-state index in [1.54, 1.807) is 6.20 Å². The zero-order chi connectivity index (χ0) is 26.8. The number of hydrogen-bond acceptors (Lipinski definition) is 6. The molecule has 4 aliphatic rings. The van der Waals surface area contributed by atoms with E-state index >= 15 is 0 Å². The van der Waals surface area contributed by atoms with E-state index < -0.39 is 0 Å². The number of benzene rings is 1. The number of H-pyrrole nitrogens is 1. The maximum Gasteiger partial charge on any atom is 0.251 e. The Morgan fingerprint density at radius 3 is 2.77 bits per heavy atom. The van der Waals surface area contributed by atoms with Crippen molar-refractivity contribution in [2.24, 2.45) is 5.41 Å². The van der Waals surface area contributed by atoms with Crippen LogP contribution in [0.1, 0.15) is 60.5 Å². The average Bonchev–Trinajstić information content (AvgIpc) is 3.61. The standard InChI is InChI=1S/C31H39N5O3/c1-3-27(24-17-33-34-18-24)29-28(7-12-39-29)21(2)32-16-22-5-4-6-23(13-22)30(37)35-25-14-31(15-25)8-10-36(11-9-31)26-19-38-20-26/h3-6,13,17-18,25-26,32H,1,7-12,14-16,19-20H2,2H3,(H,33,34)(H,35,37)/b28-21+,29-27-. The Kier molecular flexibility index (Phi) is 7.32. The van der Waals surface area contributed by atoms with Gasteiger partial charge in [-0.1, -0.05) is 24.8 Å². The van der Waals surface area contributed by atoms with Crippen molar-refractivity contribution < 1.29 is 14.3 Å². The lowest BCUT2D eigenvalue weighted by Gasteiger charge is -2.54. The first-order valence-corrected chi connectivity index (χ1v) is 14.2. The van der Waals surface area contributed by atoms with Crippen molar-refractivity contribution in [3.8, 4) is 0 Å². The molecule has 3 N–H and O–H groups in total. The van der Waals surface area contributed by atoms with E-state index in [2.05, 4.69) is 45.3 Å². The lowest BCUT2D eigenvalue weighted by atomic mass is 9.60. The molecule has 1 spiro atoms. The smallest absolute Gasteiger partial charge is 0.251 e. The summed E-state index contributed by atoms with van der Waals surface area (Å²) in [5.74, 6) is 0.881. The van der Waals surface area contributed by atoms with Gasteiger partial charge < -0.3 is 20.1 Å². The van der Waals surface area contributed by atoms with Crippen LogP contribution in [-0.2, 0) is 16.0 Å². The van der Waals surface area contributed by atoms with E-state index in [0.717, 1.165) is 71.8 Å². The molecular formula is C31H39N5O3. The number of aromatic amines is 1. The summed E-state index contributed by atoms with van der Waals surface area (Å²) in [6.07, 6.45) is 11.0. The second kappa shape index (κ2) is 11.0. The number of carbonyl (C=O) groups excluding carboxylic acids is 1. The molecule has 206 valence electrons. The van der Waals surface area contributed by atoms with E-state index in [0.29, 0.717) is 24.6 Å². The molecule has 0 bridgehead atoms. The number of allylic oxidation sites excluding steroid dienone is 4. The molecule has 0 radical (unpaired) electrons. The third kappa shape index (κ3) is 5.40. The fraction of sp³-hybridized carbons (Fsp3) is 0.484. The SMILES string of the molecule is C=C/C(=C1/OCC/C1=C(/C)NCc1cccc(C(=O)NC2CC3(CCN(C4COC4)CC3)C2)c1)c1cn[nH]c1. The molecule has 8 nitrogen and oxygen atoms in total. The number of hydrogen-bond donors (Lipinski definition) is 3. The molecule has 39 heavy (non-hydrogen) atoms. The highest BCUT2D eigenvalue weighted by molar-refractivity contribution is 5.94. The zero-order valence-electron chi connectivity index (χ0n) is 22.8. The topological polar surface area (TPSA) is 91.5 Å². The van der Waals surface area contributed by atoms with Crippen LogP contribution in [0.15, 0.2) is 66.3 Å². The quantitative estimate of drug-likeness (QED) is 0.476. The number of ether oxygens (including phenoxy) is 2. The molecule has 3 aliphatic heterocycles. The number of likely N-dealkylation sites (tertiary alicyclic amines) is 1. The molecule has 1 amide bonds. The van der Waals surface area contributed by atoms with Crippen molar-refractivity contribution in [2.75, 3.05) is 32.9 Å². The third-order valence-electron chi connectivity index (χ3n) is 9.02. The molecule has 1 aliphatic carbocycles. The summed E-state index contributed by atoms with van der Waals surface area (Å²) >= 11 is 0. The van der Waals surface area contributed by atoms with E-state index in [1.165, 1.54) is 25.9 Å². The molecule has 0 atom stereocenters. The summed E-state index contributed by atoms with van der Waals surface area (Å²) in [5.41, 5.74) is 6.32. The molecule has 4 heterocycles. The lowest BCUT2D eigenvalue weighted by Crippen LogP contribution is -2.58. The highest BCUT2D eigenvalue weighted by Gasteiger charge is 2.47. The predicted octanol–water partition coefficient (Wildman–Crippen LogP) is 4.16. The number of carbonyl (C=O) groups is 1. The second-order valence-electron chi connectivity index (χ2n) is 11.5. The van der Waals surface area contributed by atoms with Gasteiger partial charge >= 0.3 is 0 Å². The fourth-order valence-electron chi connectivity index (χ4n) is 6.52. The maximum atomic E-state index is 13.1. The van der Waals surface area contributed by atoms with Crippen molar-refractivity contribution in [3.63, 3.8) is 0 Å². The van der Waals surface area contributed by atoms with Gasteiger partial charge in [0.15, 0.2) is 0 Å². The van der Waals surface area contributed by atoms with Gasteiger partial charge in [0.05, 0.1) is 32.1 Å². The summed E-state index contributed by atoms with van der Waals surface area (Å²) in [5, 5.41) is 13.8. The van der Waals surface area contributed by atoms with Crippen molar-refractivity contribution in [3.05, 3.63) is 83.0 Å². The molecule has 1 aromatic carbocycles. The minimum Gasteiger partial charge on any atom is -0.492 e. The zero-order valence-corrected chi connectivity index (χ0v) is 22.8. The van der Waals surface area contributed by atoms with Gasteiger partial charge in [-0.3, -0.25) is 14.8 Å². The van der Waals surface area contributed by atoms with Crippen LogP contribution in [0.2, 0.25) is 0 Å². The Bertz CT molecular complexity index is 1260. The van der Waals surface area contributed by atoms with Crippen LogP contribution in [0.4, 0.5) is 0 Å². The van der Waals surface area contributed by atoms with Gasteiger partial charge in [-0.25, -0.2) is 0 Å². The molecule has 4 fully saturated rings. The monoisotopic (exact) mass is 529 g/mol. The largest absolute Gasteiger partial charge is 0.492 e. The highest BCUT2D eigenvalue weighted by atomic mass is 16.5. The van der Waals surface area contributed by atoms with Gasteiger partial charge in [-0.2, -0.15) is 5.10 Å². The van der Waals surface area contributed by atoms with E-state index in [1.807, 2.05) is 30.5 Å². The van der Waals surface area contributed by atoms with Gasteiger partial charge in [0, 0.05) is 53.2 Å². The van der Waals surface area contributed by atoms with E-state index in [4.69, 9.17) is 9.47 Å². The maximum absolute atomic E-state index is 13.1. The van der Waals surface area contributed by atoms with Crippen LogP contribution in [0.25, 0.3) is 5.57 Å². The minimum absolute atomic E-state index is 0.0287. The van der Waals surface area contributed by atoms with Gasteiger partial charge in [-0.15, -0.1) is 0 Å². The highest BCUT2D eigenvalue weighted by Crippen LogP contribution is 2.49. The summed E-state index contributed by atoms with van der Waals surface area (Å²) < 4.78 is 11.4. The number of piperidine rings is 1. The molecule has 2 aromatic rings. The van der Waals surface area contributed by atoms with Crippen molar-refractivity contribution in [1.82, 2.24) is 25.7 Å². The number of rotatable bonds is 8. The first-order chi connectivity index (χ1) is 19.0. The second-order valence-corrected chi connectivity index (χ2v) is 11.5. The summed E-state index contributed by atoms with van der Waals surface area (Å²) in [6.45, 7) is 11.5. The Labute approximate surface area is 230 Å². The van der Waals surface area contributed by atoms with Gasteiger partial charge in [0.25, 0.3) is 5.91 Å². The van der Waals surface area contributed by atoms with Gasteiger partial charge in [0.2, 0.25) is 0 Å². The Hall–Kier alpha value is -3.36. The van der Waals surface area contributed by atoms with E-state index in [-0.39, 0.29) is 11.9 Å². The van der Waals surface area contributed by atoms with Crippen LogP contribution in [0.5, 0.6) is 0 Å². The summed E-state index contributed by atoms with van der Waals surface area (Å²) in [4.78, 5) is 15.7. The molecule has 1 saturated carbocycles. The van der Waals surface area contributed by atoms with Crippen LogP contribution in [0.3, 0.4) is 0 Å². The Balaban J connectivity index is 1.03. The Morgan fingerprint density at radius 1 is 1.26 bits per heavy atom. The molecular weight excluding hydrogens is 490 g/mol. The summed E-state index contributed by atoms with van der Waals surface area (Å²) in [6, 6.07) is 8.85. The van der Waals surface area contributed by atoms with Crippen LogP contribution >= 0.6 is 0 Å². The molecule has 6 rings (SSSR count). The third-order valence-corrected chi connectivity index (χ3v) is 9.02. The van der Waals surface area contributed by atoms with Crippen molar-refractivity contribution in [2.45, 2.75) is 57.7 Å². The first-order valence-electron chi connectivity index (χ1n) is 14.2. The van der Waals surface area contributed by atoms with Crippen LogP contribution in [0, 0.1) is 5.41 Å². The Morgan fingerprint density at radius 2 is 2.08 bits per heavy atom. The number of aromatic nitrogens is 2. The molecule has 8 heteroatoms. The van der Waals surface area contributed by atoms with E-state index in [9.17, 15) is 4.79 Å². The first kappa shape index (κ1) is 25.9. The average molecular weight is 530 g/mol. The summed E-state index contributed by atoms with van der Waals surface area (Å²) in [7, 11) is 0. The predicted molar refractivity (Wildman–Crippen MR) is 151 cm³/mol.